The highest BCUT2D eigenvalue weighted by Gasteiger charge is 2.37. The Kier molecular flexibility index (Phi) is 7.24. The summed E-state index contributed by atoms with van der Waals surface area (Å²) >= 11 is 0. The van der Waals surface area contributed by atoms with Gasteiger partial charge in [0.2, 0.25) is 6.79 Å². The van der Waals surface area contributed by atoms with E-state index >= 15 is 0 Å². The molecule has 0 saturated heterocycles. The van der Waals surface area contributed by atoms with Crippen LogP contribution in [0.4, 0.5) is 0 Å². The standard InChI is InChI=1S/C22H23BO7/c1-2-18(24)13-17-12-16-9-6-10-19(21(16)30-23(17)27)22(26)29-14-28-20(25)11-15-7-4-3-5-8-15/h3-10,17,27H,2,11-14H2,1H3/t17-/m1/s1. The Labute approximate surface area is 175 Å². The summed E-state index contributed by atoms with van der Waals surface area (Å²) in [4.78, 5) is 36.0. The molecule has 1 aliphatic rings. The molecule has 1 heterocycles. The average Bonchev–Trinajstić information content (AvgIpc) is 2.74. The lowest BCUT2D eigenvalue weighted by Gasteiger charge is -2.28. The van der Waals surface area contributed by atoms with E-state index in [2.05, 4.69) is 0 Å². The van der Waals surface area contributed by atoms with Gasteiger partial charge >= 0.3 is 19.1 Å². The Balaban J connectivity index is 1.58. The van der Waals surface area contributed by atoms with Crippen molar-refractivity contribution in [3.8, 4) is 5.75 Å². The quantitative estimate of drug-likeness (QED) is 0.406. The van der Waals surface area contributed by atoms with Gasteiger partial charge in [-0.3, -0.25) is 9.59 Å². The molecule has 30 heavy (non-hydrogen) atoms. The van der Waals surface area contributed by atoms with Crippen LogP contribution in [0.15, 0.2) is 48.5 Å². The van der Waals surface area contributed by atoms with Crippen molar-refractivity contribution in [2.75, 3.05) is 6.79 Å². The van der Waals surface area contributed by atoms with Crippen LogP contribution in [0.1, 0.15) is 41.3 Å². The molecular formula is C22H23BO7. The summed E-state index contributed by atoms with van der Waals surface area (Å²) in [7, 11) is -1.19. The van der Waals surface area contributed by atoms with Gasteiger partial charge in [0, 0.05) is 18.7 Å². The van der Waals surface area contributed by atoms with Crippen molar-refractivity contribution in [1.82, 2.24) is 0 Å². The molecule has 0 saturated carbocycles. The largest absolute Gasteiger partial charge is 0.535 e. The van der Waals surface area contributed by atoms with Crippen molar-refractivity contribution in [1.29, 1.82) is 0 Å². The van der Waals surface area contributed by atoms with E-state index in [4.69, 9.17) is 14.1 Å². The van der Waals surface area contributed by atoms with Crippen LogP contribution in [0.3, 0.4) is 0 Å². The summed E-state index contributed by atoms with van der Waals surface area (Å²) in [6, 6.07) is 14.0. The van der Waals surface area contributed by atoms with E-state index in [0.29, 0.717) is 18.4 Å². The smallest absolute Gasteiger partial charge is 0.526 e. The zero-order valence-electron chi connectivity index (χ0n) is 16.7. The Bertz CT molecular complexity index is 913. The van der Waals surface area contributed by atoms with Gasteiger partial charge in [-0.25, -0.2) is 4.79 Å². The Morgan fingerprint density at radius 3 is 2.60 bits per heavy atom. The van der Waals surface area contributed by atoms with Gasteiger partial charge in [-0.05, 0) is 23.6 Å². The molecule has 1 N–H and O–H groups in total. The number of hydrogen-bond donors (Lipinski definition) is 1. The first-order valence-corrected chi connectivity index (χ1v) is 9.83. The molecule has 2 aromatic carbocycles. The molecule has 3 rings (SSSR count). The highest BCUT2D eigenvalue weighted by atomic mass is 16.7. The van der Waals surface area contributed by atoms with Gasteiger partial charge in [-0.15, -0.1) is 0 Å². The number of carbonyl (C=O) groups is 3. The van der Waals surface area contributed by atoms with E-state index in [-0.39, 0.29) is 35.8 Å². The van der Waals surface area contributed by atoms with Crippen LogP contribution in [0.25, 0.3) is 0 Å². The lowest BCUT2D eigenvalue weighted by molar-refractivity contribution is -0.151. The summed E-state index contributed by atoms with van der Waals surface area (Å²) in [6.07, 6.45) is 1.09. The molecular weight excluding hydrogens is 387 g/mol. The molecule has 156 valence electrons. The van der Waals surface area contributed by atoms with E-state index in [0.717, 1.165) is 5.56 Å². The van der Waals surface area contributed by atoms with Gasteiger partial charge in [0.1, 0.15) is 17.1 Å². The Hall–Kier alpha value is -3.13. The second-order valence-electron chi connectivity index (χ2n) is 7.09. The van der Waals surface area contributed by atoms with Crippen molar-refractivity contribution >= 4 is 24.8 Å². The maximum atomic E-state index is 12.4. The van der Waals surface area contributed by atoms with Gasteiger partial charge in [-0.1, -0.05) is 49.4 Å². The van der Waals surface area contributed by atoms with Crippen molar-refractivity contribution in [3.63, 3.8) is 0 Å². The minimum Gasteiger partial charge on any atom is -0.535 e. The molecule has 1 atom stereocenters. The number of hydrogen-bond acceptors (Lipinski definition) is 7. The average molecular weight is 410 g/mol. The van der Waals surface area contributed by atoms with E-state index in [1.54, 1.807) is 31.2 Å². The number of ketones is 1. The fraction of sp³-hybridized carbons (Fsp3) is 0.318. The summed E-state index contributed by atoms with van der Waals surface area (Å²) < 4.78 is 15.6. The third-order valence-electron chi connectivity index (χ3n) is 4.93. The molecule has 0 unspecified atom stereocenters. The first kappa shape index (κ1) is 21.6. The number of para-hydroxylation sites is 1. The Morgan fingerprint density at radius 1 is 1.10 bits per heavy atom. The Morgan fingerprint density at radius 2 is 1.87 bits per heavy atom. The molecule has 0 amide bonds. The lowest BCUT2D eigenvalue weighted by Crippen LogP contribution is -2.35. The second kappa shape index (κ2) is 10.1. The summed E-state index contributed by atoms with van der Waals surface area (Å²) in [5.41, 5.74) is 1.64. The molecule has 0 spiro atoms. The zero-order chi connectivity index (χ0) is 21.5. The number of ether oxygens (including phenoxy) is 2. The summed E-state index contributed by atoms with van der Waals surface area (Å²) in [6.45, 7) is 1.25. The van der Waals surface area contributed by atoms with E-state index < -0.39 is 25.8 Å². The van der Waals surface area contributed by atoms with E-state index in [9.17, 15) is 19.4 Å². The minimum absolute atomic E-state index is 0.0407. The van der Waals surface area contributed by atoms with E-state index in [1.165, 1.54) is 6.07 Å². The third-order valence-corrected chi connectivity index (χ3v) is 4.93. The predicted octanol–water partition coefficient (Wildman–Crippen LogP) is 2.74. The molecule has 0 fully saturated rings. The molecule has 7 nitrogen and oxygen atoms in total. The topological polar surface area (TPSA) is 99.1 Å². The third kappa shape index (κ3) is 5.48. The molecule has 0 radical (unpaired) electrons. The molecule has 0 aliphatic carbocycles. The number of benzene rings is 2. The van der Waals surface area contributed by atoms with Crippen molar-refractivity contribution in [2.45, 2.75) is 38.4 Å². The van der Waals surface area contributed by atoms with Crippen LogP contribution < -0.4 is 4.65 Å². The van der Waals surface area contributed by atoms with Crippen LogP contribution in [0.2, 0.25) is 5.82 Å². The van der Waals surface area contributed by atoms with Crippen molar-refractivity contribution in [2.24, 2.45) is 0 Å². The van der Waals surface area contributed by atoms with Gasteiger partial charge in [-0.2, -0.15) is 0 Å². The summed E-state index contributed by atoms with van der Waals surface area (Å²) in [5.74, 6) is -1.34. The SMILES string of the molecule is CCC(=O)C[C@H]1Cc2cccc(C(=O)OCOC(=O)Cc3ccccc3)c2OB1O. The predicted molar refractivity (Wildman–Crippen MR) is 109 cm³/mol. The number of fused-ring (bicyclic) bond motifs is 1. The molecule has 2 aromatic rings. The zero-order valence-corrected chi connectivity index (χ0v) is 16.7. The van der Waals surface area contributed by atoms with Crippen LogP contribution in [0.5, 0.6) is 5.75 Å². The van der Waals surface area contributed by atoms with Crippen LogP contribution in [-0.2, 0) is 31.9 Å². The highest BCUT2D eigenvalue weighted by Crippen LogP contribution is 2.36. The number of rotatable bonds is 8. The monoisotopic (exact) mass is 410 g/mol. The van der Waals surface area contributed by atoms with Crippen molar-refractivity contribution < 1.29 is 33.5 Å². The summed E-state index contributed by atoms with van der Waals surface area (Å²) in [5, 5.41) is 10.3. The van der Waals surface area contributed by atoms with Gasteiger partial charge in [0.25, 0.3) is 0 Å². The highest BCUT2D eigenvalue weighted by molar-refractivity contribution is 6.47. The molecule has 8 heteroatoms. The first-order chi connectivity index (χ1) is 14.5. The van der Waals surface area contributed by atoms with Gasteiger partial charge < -0.3 is 19.2 Å². The second-order valence-corrected chi connectivity index (χ2v) is 7.09. The number of carbonyl (C=O) groups excluding carboxylic acids is 3. The maximum absolute atomic E-state index is 12.4. The lowest BCUT2D eigenvalue weighted by atomic mass is 9.64. The van der Waals surface area contributed by atoms with Crippen LogP contribution in [0, 0.1) is 0 Å². The first-order valence-electron chi connectivity index (χ1n) is 9.83. The molecule has 1 aliphatic heterocycles. The fourth-order valence-corrected chi connectivity index (χ4v) is 3.30. The molecule has 0 bridgehead atoms. The number of Topliss-reactive ketones (excluding diaryl/α,β-unsaturated/α-hetero) is 1. The van der Waals surface area contributed by atoms with Gasteiger partial charge in [0.15, 0.2) is 0 Å². The number of esters is 2. The normalized spacial score (nSPS) is 15.0. The maximum Gasteiger partial charge on any atom is 0.526 e. The van der Waals surface area contributed by atoms with Crippen LogP contribution >= 0.6 is 0 Å². The van der Waals surface area contributed by atoms with Gasteiger partial charge in [0.05, 0.1) is 6.42 Å². The van der Waals surface area contributed by atoms with Crippen LogP contribution in [-0.4, -0.2) is 36.7 Å². The van der Waals surface area contributed by atoms with Crippen molar-refractivity contribution in [3.05, 3.63) is 65.2 Å². The molecule has 0 aromatic heterocycles. The fourth-order valence-electron chi connectivity index (χ4n) is 3.30. The minimum atomic E-state index is -1.19. The van der Waals surface area contributed by atoms with E-state index in [1.807, 2.05) is 18.2 Å².